The summed E-state index contributed by atoms with van der Waals surface area (Å²) >= 11 is 7.46. The highest BCUT2D eigenvalue weighted by Gasteiger charge is 2.18. The molecule has 3 rings (SSSR count). The molecule has 0 aliphatic rings. The maximum atomic E-state index is 12.6. The van der Waals surface area contributed by atoms with Crippen LogP contribution in [-0.2, 0) is 11.4 Å². The molecule has 0 unspecified atom stereocenters. The number of benzene rings is 3. The highest BCUT2D eigenvalue weighted by Crippen LogP contribution is 2.28. The number of thioether (sulfide) groups is 1. The third-order valence-electron chi connectivity index (χ3n) is 4.13. The smallest absolute Gasteiger partial charge is 0.237 e. The van der Waals surface area contributed by atoms with Crippen molar-refractivity contribution in [2.75, 3.05) is 5.32 Å². The average Bonchev–Trinajstić information content (AvgIpc) is 2.73. The van der Waals surface area contributed by atoms with Crippen LogP contribution in [0.1, 0.15) is 18.9 Å². The van der Waals surface area contributed by atoms with Gasteiger partial charge in [0.1, 0.15) is 12.4 Å². The Morgan fingerprint density at radius 1 is 1.00 bits per heavy atom. The minimum absolute atomic E-state index is 0.0135. The number of anilines is 1. The van der Waals surface area contributed by atoms with E-state index in [1.165, 1.54) is 11.8 Å². The fourth-order valence-electron chi connectivity index (χ4n) is 2.60. The monoisotopic (exact) mass is 411 g/mol. The van der Waals surface area contributed by atoms with Gasteiger partial charge in [-0.25, -0.2) is 0 Å². The van der Waals surface area contributed by atoms with Gasteiger partial charge < -0.3 is 10.1 Å². The zero-order valence-electron chi connectivity index (χ0n) is 15.6. The van der Waals surface area contributed by atoms with Crippen molar-refractivity contribution < 1.29 is 9.53 Å². The van der Waals surface area contributed by atoms with Crippen molar-refractivity contribution in [2.45, 2.75) is 30.1 Å². The zero-order chi connectivity index (χ0) is 19.8. The van der Waals surface area contributed by atoms with Crippen LogP contribution >= 0.6 is 23.4 Å². The molecular weight excluding hydrogens is 390 g/mol. The summed E-state index contributed by atoms with van der Waals surface area (Å²) in [5.74, 6) is 0.754. The Labute approximate surface area is 175 Å². The van der Waals surface area contributed by atoms with E-state index in [1.807, 2.05) is 85.8 Å². The second-order valence-electron chi connectivity index (χ2n) is 6.26. The van der Waals surface area contributed by atoms with Gasteiger partial charge in [-0.3, -0.25) is 4.79 Å². The molecule has 0 aliphatic carbocycles. The molecule has 3 aromatic carbocycles. The first kappa shape index (κ1) is 20.3. The maximum absolute atomic E-state index is 12.6. The molecule has 1 atom stereocenters. The molecule has 1 N–H and O–H groups in total. The van der Waals surface area contributed by atoms with Gasteiger partial charge in [-0.15, -0.1) is 11.8 Å². The summed E-state index contributed by atoms with van der Waals surface area (Å²) in [6, 6.07) is 25.0. The first-order valence-electron chi connectivity index (χ1n) is 9.14. The number of hydrogen-bond donors (Lipinski definition) is 1. The van der Waals surface area contributed by atoms with Gasteiger partial charge in [-0.2, -0.15) is 0 Å². The molecule has 28 heavy (non-hydrogen) atoms. The number of carbonyl (C=O) groups is 1. The molecule has 0 heterocycles. The lowest BCUT2D eigenvalue weighted by Crippen LogP contribution is -2.24. The number of hydrogen-bond acceptors (Lipinski definition) is 3. The van der Waals surface area contributed by atoms with Crippen LogP contribution in [0.2, 0.25) is 5.02 Å². The van der Waals surface area contributed by atoms with Crippen molar-refractivity contribution in [1.82, 2.24) is 0 Å². The molecule has 1 amide bonds. The van der Waals surface area contributed by atoms with Crippen LogP contribution in [0.15, 0.2) is 83.8 Å². The summed E-state index contributed by atoms with van der Waals surface area (Å²) in [6.45, 7) is 2.52. The third-order valence-corrected chi connectivity index (χ3v) is 5.75. The molecule has 0 fully saturated rings. The summed E-state index contributed by atoms with van der Waals surface area (Å²) in [4.78, 5) is 13.6. The van der Waals surface area contributed by atoms with Crippen molar-refractivity contribution in [2.24, 2.45) is 0 Å². The van der Waals surface area contributed by atoms with E-state index in [1.54, 1.807) is 0 Å². The summed E-state index contributed by atoms with van der Waals surface area (Å²) in [6.07, 6.45) is 0.734. The van der Waals surface area contributed by atoms with Crippen molar-refractivity contribution in [3.63, 3.8) is 0 Å². The molecule has 0 aliphatic heterocycles. The molecule has 0 radical (unpaired) electrons. The topological polar surface area (TPSA) is 38.3 Å². The molecule has 3 nitrogen and oxygen atoms in total. The van der Waals surface area contributed by atoms with E-state index in [0.717, 1.165) is 28.3 Å². The van der Waals surface area contributed by atoms with E-state index in [9.17, 15) is 4.79 Å². The lowest BCUT2D eigenvalue weighted by Gasteiger charge is -2.15. The van der Waals surface area contributed by atoms with Crippen LogP contribution in [0.4, 0.5) is 5.69 Å². The third kappa shape index (κ3) is 6.04. The molecule has 5 heteroatoms. The Hall–Kier alpha value is -2.43. The Balaban J connectivity index is 1.54. The molecule has 0 saturated carbocycles. The normalized spacial score (nSPS) is 11.6. The molecular formula is C23H22ClNO2S. The van der Waals surface area contributed by atoms with Crippen molar-refractivity contribution in [3.05, 3.63) is 89.4 Å². The number of nitrogens with one attached hydrogen (secondary N) is 1. The predicted octanol–water partition coefficient (Wildman–Crippen LogP) is 6.43. The van der Waals surface area contributed by atoms with Crippen molar-refractivity contribution >= 4 is 35.0 Å². The molecule has 0 saturated heterocycles. The summed E-state index contributed by atoms with van der Waals surface area (Å²) < 4.78 is 5.78. The minimum atomic E-state index is -0.171. The lowest BCUT2D eigenvalue weighted by atomic mass is 10.2. The van der Waals surface area contributed by atoms with Crippen molar-refractivity contribution in [3.8, 4) is 5.75 Å². The van der Waals surface area contributed by atoms with E-state index in [2.05, 4.69) is 5.32 Å². The molecule has 0 aromatic heterocycles. The Morgan fingerprint density at radius 2 is 1.68 bits per heavy atom. The van der Waals surface area contributed by atoms with E-state index < -0.39 is 0 Å². The summed E-state index contributed by atoms with van der Waals surface area (Å²) in [5, 5.41) is 3.50. The quantitative estimate of drug-likeness (QED) is 0.434. The van der Waals surface area contributed by atoms with Gasteiger partial charge >= 0.3 is 0 Å². The van der Waals surface area contributed by atoms with Crippen LogP contribution in [-0.4, -0.2) is 11.2 Å². The maximum Gasteiger partial charge on any atom is 0.237 e. The van der Waals surface area contributed by atoms with E-state index in [0.29, 0.717) is 11.6 Å². The van der Waals surface area contributed by atoms with Gasteiger partial charge in [0.15, 0.2) is 0 Å². The SMILES string of the molecule is CC[C@@H](Sc1ccc(Cl)cc1)C(=O)Nc1ccc(OCc2ccccc2)cc1. The van der Waals surface area contributed by atoms with Crippen molar-refractivity contribution in [1.29, 1.82) is 0 Å². The number of halogens is 1. The number of carbonyl (C=O) groups excluding carboxylic acids is 1. The standard InChI is InChI=1S/C23H22ClNO2S/c1-2-22(28-21-14-8-18(24)9-15-21)23(26)25-19-10-12-20(13-11-19)27-16-17-6-4-3-5-7-17/h3-15,22H,2,16H2,1H3,(H,25,26)/t22-/m1/s1. The highest BCUT2D eigenvalue weighted by molar-refractivity contribution is 8.00. The number of rotatable bonds is 8. The molecule has 3 aromatic rings. The lowest BCUT2D eigenvalue weighted by molar-refractivity contribution is -0.115. The summed E-state index contributed by atoms with van der Waals surface area (Å²) in [7, 11) is 0. The molecule has 144 valence electrons. The van der Waals surface area contributed by atoms with E-state index >= 15 is 0 Å². The fourth-order valence-corrected chi connectivity index (χ4v) is 3.68. The highest BCUT2D eigenvalue weighted by atomic mass is 35.5. The molecule has 0 spiro atoms. The van der Waals surface area contributed by atoms with Gasteiger partial charge in [0, 0.05) is 15.6 Å². The minimum Gasteiger partial charge on any atom is -0.489 e. The van der Waals surface area contributed by atoms with Crippen LogP contribution in [0.5, 0.6) is 5.75 Å². The van der Waals surface area contributed by atoms with Gasteiger partial charge in [-0.05, 0) is 60.5 Å². The van der Waals surface area contributed by atoms with Crippen LogP contribution in [0, 0.1) is 0 Å². The second-order valence-corrected chi connectivity index (χ2v) is 7.97. The number of ether oxygens (including phenoxy) is 1. The Kier molecular flexibility index (Phi) is 7.40. The molecule has 0 bridgehead atoms. The predicted molar refractivity (Wildman–Crippen MR) is 117 cm³/mol. The van der Waals surface area contributed by atoms with Crippen LogP contribution in [0.25, 0.3) is 0 Å². The zero-order valence-corrected chi connectivity index (χ0v) is 17.2. The summed E-state index contributed by atoms with van der Waals surface area (Å²) in [5.41, 5.74) is 1.87. The van der Waals surface area contributed by atoms with Gasteiger partial charge in [-0.1, -0.05) is 48.9 Å². The largest absolute Gasteiger partial charge is 0.489 e. The van der Waals surface area contributed by atoms with Gasteiger partial charge in [0.25, 0.3) is 0 Å². The van der Waals surface area contributed by atoms with E-state index in [-0.39, 0.29) is 11.2 Å². The van der Waals surface area contributed by atoms with Crippen LogP contribution < -0.4 is 10.1 Å². The van der Waals surface area contributed by atoms with Gasteiger partial charge in [0.05, 0.1) is 5.25 Å². The first-order valence-corrected chi connectivity index (χ1v) is 10.4. The average molecular weight is 412 g/mol. The fraction of sp³-hybridized carbons (Fsp3) is 0.174. The second kappa shape index (κ2) is 10.2. The first-order chi connectivity index (χ1) is 13.6. The van der Waals surface area contributed by atoms with E-state index in [4.69, 9.17) is 16.3 Å². The van der Waals surface area contributed by atoms with Crippen LogP contribution in [0.3, 0.4) is 0 Å². The Morgan fingerprint density at radius 3 is 2.32 bits per heavy atom. The van der Waals surface area contributed by atoms with Gasteiger partial charge in [0.2, 0.25) is 5.91 Å². The Bertz CT molecular complexity index is 883. The number of amides is 1.